The van der Waals surface area contributed by atoms with Crippen LogP contribution in [0.5, 0.6) is 0 Å². The molecule has 2 rings (SSSR count). The quantitative estimate of drug-likeness (QED) is 0.835. The fourth-order valence-corrected chi connectivity index (χ4v) is 2.59. The van der Waals surface area contributed by atoms with Gasteiger partial charge in [-0.25, -0.2) is 4.98 Å². The summed E-state index contributed by atoms with van der Waals surface area (Å²) >= 11 is 0. The summed E-state index contributed by atoms with van der Waals surface area (Å²) in [5.41, 5.74) is 7.29. The van der Waals surface area contributed by atoms with E-state index >= 15 is 0 Å². The van der Waals surface area contributed by atoms with E-state index in [0.29, 0.717) is 30.5 Å². The normalized spacial score (nSPS) is 15.8. The van der Waals surface area contributed by atoms with Crippen molar-refractivity contribution in [2.45, 2.75) is 39.2 Å². The molecule has 1 unspecified atom stereocenters. The first kappa shape index (κ1) is 15.8. The van der Waals surface area contributed by atoms with Crippen LogP contribution in [0.2, 0.25) is 0 Å². The molecule has 1 aromatic heterocycles. The molecular weight excluding hydrogens is 266 g/mol. The molecule has 1 amide bonds. The smallest absolute Gasteiger partial charge is 0.254 e. The molecule has 1 atom stereocenters. The third-order valence-electron chi connectivity index (χ3n) is 4.10. The molecule has 1 heterocycles. The summed E-state index contributed by atoms with van der Waals surface area (Å²) < 4.78 is 5.15. The maximum atomic E-state index is 12.8. The Morgan fingerprint density at radius 1 is 1.52 bits per heavy atom. The topological polar surface area (TPSA) is 68.5 Å². The van der Waals surface area contributed by atoms with Gasteiger partial charge >= 0.3 is 0 Å². The molecule has 5 heteroatoms. The highest BCUT2D eigenvalue weighted by atomic mass is 16.5. The number of amides is 1. The van der Waals surface area contributed by atoms with Gasteiger partial charge in [0.1, 0.15) is 5.82 Å². The van der Waals surface area contributed by atoms with Crippen LogP contribution in [0.1, 0.15) is 42.7 Å². The average Bonchev–Trinajstić information content (AvgIpc) is 3.31. The van der Waals surface area contributed by atoms with Crippen LogP contribution < -0.4 is 5.73 Å². The van der Waals surface area contributed by atoms with Crippen LogP contribution in [0.4, 0.5) is 5.82 Å². The number of nitrogens with zero attached hydrogens (tertiary/aromatic N) is 2. The first-order valence-corrected chi connectivity index (χ1v) is 7.63. The van der Waals surface area contributed by atoms with Crippen molar-refractivity contribution in [1.82, 2.24) is 9.88 Å². The molecule has 1 fully saturated rings. The van der Waals surface area contributed by atoms with Crippen molar-refractivity contribution in [2.75, 3.05) is 26.0 Å². The van der Waals surface area contributed by atoms with Gasteiger partial charge < -0.3 is 15.4 Å². The van der Waals surface area contributed by atoms with Crippen molar-refractivity contribution in [3.8, 4) is 0 Å². The second-order valence-corrected chi connectivity index (χ2v) is 5.69. The monoisotopic (exact) mass is 291 g/mol. The zero-order valence-electron chi connectivity index (χ0n) is 13.1. The van der Waals surface area contributed by atoms with Gasteiger partial charge in [-0.1, -0.05) is 6.92 Å². The van der Waals surface area contributed by atoms with Gasteiger partial charge in [0.25, 0.3) is 5.91 Å². The number of pyridine rings is 1. The predicted octanol–water partition coefficient (Wildman–Crippen LogP) is 2.11. The van der Waals surface area contributed by atoms with Crippen molar-refractivity contribution < 1.29 is 9.53 Å². The number of methoxy groups -OCH3 is 1. The van der Waals surface area contributed by atoms with Crippen molar-refractivity contribution in [3.63, 3.8) is 0 Å². The van der Waals surface area contributed by atoms with Gasteiger partial charge in [-0.05, 0) is 44.2 Å². The number of nitrogens with two attached hydrogens (primary N) is 1. The fourth-order valence-electron chi connectivity index (χ4n) is 2.59. The molecule has 1 aromatic rings. The van der Waals surface area contributed by atoms with Crippen molar-refractivity contribution >= 4 is 11.7 Å². The number of hydrogen-bond acceptors (Lipinski definition) is 4. The van der Waals surface area contributed by atoms with E-state index < -0.39 is 0 Å². The second-order valence-electron chi connectivity index (χ2n) is 5.69. The van der Waals surface area contributed by atoms with Gasteiger partial charge in [-0.3, -0.25) is 4.79 Å². The van der Waals surface area contributed by atoms with E-state index in [1.54, 1.807) is 13.2 Å². The lowest BCUT2D eigenvalue weighted by Gasteiger charge is -2.29. The molecule has 0 aromatic carbocycles. The van der Waals surface area contributed by atoms with Crippen LogP contribution in [0.3, 0.4) is 0 Å². The molecular formula is C16H25N3O2. The molecule has 5 nitrogen and oxygen atoms in total. The molecule has 0 saturated heterocycles. The Labute approximate surface area is 126 Å². The van der Waals surface area contributed by atoms with Gasteiger partial charge in [0.2, 0.25) is 0 Å². The maximum Gasteiger partial charge on any atom is 0.254 e. The van der Waals surface area contributed by atoms with Crippen molar-refractivity contribution in [1.29, 1.82) is 0 Å². The molecule has 1 aliphatic carbocycles. The van der Waals surface area contributed by atoms with Crippen LogP contribution in [0, 0.1) is 5.92 Å². The minimum atomic E-state index is 0.0234. The number of anilines is 1. The van der Waals surface area contributed by atoms with Crippen LogP contribution >= 0.6 is 0 Å². The number of aromatic nitrogens is 1. The van der Waals surface area contributed by atoms with E-state index in [1.165, 1.54) is 12.8 Å². The Bertz CT molecular complexity index is 500. The third kappa shape index (κ3) is 3.94. The SMILES string of the molecule is CCc1cc(C(=O)N(CCOC)C(C)C2CC2)cc(N)n1. The zero-order chi connectivity index (χ0) is 15.4. The number of carbonyl (C=O) groups is 1. The summed E-state index contributed by atoms with van der Waals surface area (Å²) in [6.45, 7) is 5.28. The second kappa shape index (κ2) is 6.89. The van der Waals surface area contributed by atoms with E-state index in [2.05, 4.69) is 11.9 Å². The molecule has 21 heavy (non-hydrogen) atoms. The molecule has 1 aliphatic rings. The van der Waals surface area contributed by atoms with Gasteiger partial charge in [0, 0.05) is 31.0 Å². The van der Waals surface area contributed by atoms with Gasteiger partial charge in [0.15, 0.2) is 0 Å². The minimum absolute atomic E-state index is 0.0234. The van der Waals surface area contributed by atoms with E-state index in [4.69, 9.17) is 10.5 Å². The maximum absolute atomic E-state index is 12.8. The summed E-state index contributed by atoms with van der Waals surface area (Å²) in [5, 5.41) is 0. The summed E-state index contributed by atoms with van der Waals surface area (Å²) in [5.74, 6) is 1.05. The van der Waals surface area contributed by atoms with Crippen molar-refractivity contribution in [2.24, 2.45) is 5.92 Å². The summed E-state index contributed by atoms with van der Waals surface area (Å²) in [6.07, 6.45) is 3.18. The first-order chi connectivity index (χ1) is 10.1. The third-order valence-corrected chi connectivity index (χ3v) is 4.10. The molecule has 116 valence electrons. The van der Waals surface area contributed by atoms with Crippen LogP contribution in [-0.4, -0.2) is 42.1 Å². The van der Waals surface area contributed by atoms with Gasteiger partial charge in [-0.15, -0.1) is 0 Å². The number of rotatable bonds is 7. The fraction of sp³-hybridized carbons (Fsp3) is 0.625. The number of nitrogen functional groups attached to an aromatic ring is 1. The standard InChI is InChI=1S/C16H25N3O2/c1-4-14-9-13(10-15(17)18-14)16(20)19(7-8-21-3)11(2)12-5-6-12/h9-12H,4-8H2,1-3H3,(H2,17,18). The summed E-state index contributed by atoms with van der Waals surface area (Å²) in [7, 11) is 1.66. The molecule has 2 N–H and O–H groups in total. The highest BCUT2D eigenvalue weighted by molar-refractivity contribution is 5.95. The van der Waals surface area contributed by atoms with E-state index in [-0.39, 0.29) is 11.9 Å². The summed E-state index contributed by atoms with van der Waals surface area (Å²) in [4.78, 5) is 19.0. The minimum Gasteiger partial charge on any atom is -0.384 e. The molecule has 0 radical (unpaired) electrons. The lowest BCUT2D eigenvalue weighted by atomic mass is 10.1. The van der Waals surface area contributed by atoms with Gasteiger partial charge in [-0.2, -0.15) is 0 Å². The summed E-state index contributed by atoms with van der Waals surface area (Å²) in [6, 6.07) is 3.76. The Hall–Kier alpha value is -1.62. The van der Waals surface area contributed by atoms with Crippen molar-refractivity contribution in [3.05, 3.63) is 23.4 Å². The number of ether oxygens (including phenoxy) is 1. The Morgan fingerprint density at radius 2 is 2.24 bits per heavy atom. The van der Waals surface area contributed by atoms with Gasteiger partial charge in [0.05, 0.1) is 6.61 Å². The lowest BCUT2D eigenvalue weighted by molar-refractivity contribution is 0.0594. The number of hydrogen-bond donors (Lipinski definition) is 1. The molecule has 0 spiro atoms. The van der Waals surface area contributed by atoms with Crippen LogP contribution in [0.15, 0.2) is 12.1 Å². The highest BCUT2D eigenvalue weighted by Gasteiger charge is 2.34. The van der Waals surface area contributed by atoms with Crippen LogP contribution in [0.25, 0.3) is 0 Å². The van der Waals surface area contributed by atoms with E-state index in [9.17, 15) is 4.79 Å². The first-order valence-electron chi connectivity index (χ1n) is 7.63. The predicted molar refractivity (Wildman–Crippen MR) is 83.1 cm³/mol. The number of aryl methyl sites for hydroxylation is 1. The van der Waals surface area contributed by atoms with E-state index in [0.717, 1.165) is 12.1 Å². The Morgan fingerprint density at radius 3 is 2.81 bits per heavy atom. The average molecular weight is 291 g/mol. The Kier molecular flexibility index (Phi) is 5.17. The number of carbonyl (C=O) groups excluding carboxylic acids is 1. The molecule has 1 saturated carbocycles. The lowest BCUT2D eigenvalue weighted by Crippen LogP contribution is -2.42. The highest BCUT2D eigenvalue weighted by Crippen LogP contribution is 2.35. The largest absolute Gasteiger partial charge is 0.384 e. The molecule has 0 aliphatic heterocycles. The Balaban J connectivity index is 2.21. The van der Waals surface area contributed by atoms with Crippen LogP contribution in [-0.2, 0) is 11.2 Å². The zero-order valence-corrected chi connectivity index (χ0v) is 13.1. The molecule has 0 bridgehead atoms. The van der Waals surface area contributed by atoms with E-state index in [1.807, 2.05) is 17.9 Å².